The summed E-state index contributed by atoms with van der Waals surface area (Å²) in [4.78, 5) is 102. The van der Waals surface area contributed by atoms with E-state index in [1.165, 1.54) is 13.8 Å². The summed E-state index contributed by atoms with van der Waals surface area (Å²) >= 11 is 1.16. The number of amides is 7. The maximum Gasteiger partial charge on any atom is 0.325 e. The molecule has 20 nitrogen and oxygen atoms in total. The van der Waals surface area contributed by atoms with Gasteiger partial charge in [-0.25, -0.2) is 9.97 Å². The molecule has 3 atom stereocenters. The highest BCUT2D eigenvalue weighted by Gasteiger charge is 2.20. The fourth-order valence-corrected chi connectivity index (χ4v) is 3.94. The van der Waals surface area contributed by atoms with Crippen LogP contribution in [0.1, 0.15) is 42.2 Å². The van der Waals surface area contributed by atoms with E-state index in [0.29, 0.717) is 5.01 Å². The molecule has 0 aliphatic rings. The van der Waals surface area contributed by atoms with Gasteiger partial charge < -0.3 is 52.9 Å². The number of carbonyl (C=O) groups is 8. The highest BCUT2D eigenvalue weighted by Crippen LogP contribution is 2.21. The van der Waals surface area contributed by atoms with Gasteiger partial charge >= 0.3 is 5.97 Å². The quantitative estimate of drug-likeness (QED) is 0.0735. The minimum atomic E-state index is -1.24. The van der Waals surface area contributed by atoms with E-state index in [1.54, 1.807) is 5.38 Å². The molecule has 11 N–H and O–H groups in total. The average molecular weight is 667 g/mol. The van der Waals surface area contributed by atoms with Crippen molar-refractivity contribution >= 4 is 58.7 Å². The molecule has 0 fully saturated rings. The summed E-state index contributed by atoms with van der Waals surface area (Å²) in [5, 5.41) is 24.8. The molecule has 46 heavy (non-hydrogen) atoms. The fourth-order valence-electron chi connectivity index (χ4n) is 3.23. The van der Waals surface area contributed by atoms with Crippen molar-refractivity contribution in [1.82, 2.24) is 41.9 Å². The van der Waals surface area contributed by atoms with Gasteiger partial charge in [-0.1, -0.05) is 0 Å². The van der Waals surface area contributed by atoms with Gasteiger partial charge in [0.15, 0.2) is 5.69 Å². The number of aromatic nitrogens is 2. The van der Waals surface area contributed by atoms with E-state index in [-0.39, 0.29) is 36.7 Å². The Labute approximate surface area is 264 Å². The minimum absolute atomic E-state index is 0.00836. The van der Waals surface area contributed by atoms with Crippen molar-refractivity contribution in [2.45, 2.75) is 51.4 Å². The van der Waals surface area contributed by atoms with Gasteiger partial charge in [0, 0.05) is 11.8 Å². The number of carboxylic acids is 1. The molecule has 7 amide bonds. The van der Waals surface area contributed by atoms with Crippen LogP contribution in [0.3, 0.4) is 0 Å². The number of thiazole rings is 1. The molecule has 2 rings (SSSR count). The van der Waals surface area contributed by atoms with Crippen LogP contribution in [0, 0.1) is 0 Å². The number of oxazole rings is 1. The summed E-state index contributed by atoms with van der Waals surface area (Å²) in [6.45, 7) is 1.26. The summed E-state index contributed by atoms with van der Waals surface area (Å²) in [6, 6.07) is -3.11. The molecule has 0 bridgehead atoms. The summed E-state index contributed by atoms with van der Waals surface area (Å²) in [7, 11) is 0. The Morgan fingerprint density at radius 2 is 1.50 bits per heavy atom. The number of aliphatic carboxylic acids is 1. The molecule has 0 aliphatic heterocycles. The van der Waals surface area contributed by atoms with Crippen molar-refractivity contribution in [2.75, 3.05) is 19.6 Å². The average Bonchev–Trinajstić information content (AvgIpc) is 3.69. The number of nitrogens with one attached hydrogen (secondary N) is 6. The highest BCUT2D eigenvalue weighted by molar-refractivity contribution is 7.09. The second-order valence-electron chi connectivity index (χ2n) is 9.59. The Kier molecular flexibility index (Phi) is 14.2. The minimum Gasteiger partial charge on any atom is -0.480 e. The normalized spacial score (nSPS) is 12.5. The van der Waals surface area contributed by atoms with Gasteiger partial charge in [-0.3, -0.25) is 38.4 Å². The standard InChI is InChI=1S/C25H34N10O10S/c1-11(32-19(39)7-29-22(41)13(26)3-4-16(27)36)21(40)31-8-20-34-15(10-46-20)24-35-14(9-45-24)23(42)30-5-17(37)28-6-18(38)33-12(2)25(43)44/h9-13H,3-8,26H2,1-2H3,(H2,27,36)(H,28,37)(H,29,41)(H,30,42)(H,31,40)(H,32,39)(H,33,38)(H,43,44)/t11-,12-,13-/m0/s1. The maximum absolute atomic E-state index is 12.4. The summed E-state index contributed by atoms with van der Waals surface area (Å²) in [5.74, 6) is -5.87. The van der Waals surface area contributed by atoms with E-state index in [4.69, 9.17) is 21.0 Å². The van der Waals surface area contributed by atoms with Crippen molar-refractivity contribution < 1.29 is 47.9 Å². The number of nitrogens with zero attached hydrogens (tertiary/aromatic N) is 2. The second-order valence-corrected chi connectivity index (χ2v) is 10.5. The Morgan fingerprint density at radius 3 is 2.15 bits per heavy atom. The molecule has 2 aromatic rings. The fraction of sp³-hybridized carbons (Fsp3) is 0.440. The van der Waals surface area contributed by atoms with Crippen molar-refractivity contribution in [2.24, 2.45) is 11.5 Å². The van der Waals surface area contributed by atoms with Crippen LogP contribution in [-0.2, 0) is 40.1 Å². The lowest BCUT2D eigenvalue weighted by Gasteiger charge is -2.15. The zero-order chi connectivity index (χ0) is 34.4. The molecular weight excluding hydrogens is 632 g/mol. The number of carbonyl (C=O) groups excluding carboxylic acids is 7. The summed E-state index contributed by atoms with van der Waals surface area (Å²) < 4.78 is 5.29. The maximum atomic E-state index is 12.4. The lowest BCUT2D eigenvalue weighted by atomic mass is 10.1. The number of nitrogens with two attached hydrogens (primary N) is 2. The van der Waals surface area contributed by atoms with E-state index < -0.39 is 85.1 Å². The number of rotatable bonds is 18. The number of hydrogen-bond acceptors (Lipinski definition) is 13. The molecular formula is C25H34N10O10S. The Bertz CT molecular complexity index is 1460. The first kappa shape index (κ1) is 36.8. The van der Waals surface area contributed by atoms with E-state index in [9.17, 15) is 38.4 Å². The third-order valence-electron chi connectivity index (χ3n) is 5.76. The zero-order valence-electron chi connectivity index (χ0n) is 24.7. The second kappa shape index (κ2) is 17.8. The Hall–Kier alpha value is -5.44. The molecule has 0 saturated heterocycles. The number of primary amides is 1. The van der Waals surface area contributed by atoms with Crippen LogP contribution in [0.5, 0.6) is 0 Å². The van der Waals surface area contributed by atoms with E-state index in [1.807, 2.05) is 0 Å². The lowest BCUT2D eigenvalue weighted by Crippen LogP contribution is -2.49. The Balaban J connectivity index is 1.75. The molecule has 2 heterocycles. The van der Waals surface area contributed by atoms with Crippen molar-refractivity contribution in [3.8, 4) is 11.6 Å². The predicted octanol–water partition coefficient (Wildman–Crippen LogP) is -3.94. The first-order valence-corrected chi connectivity index (χ1v) is 14.4. The SMILES string of the molecule is C[C@H](NC(=O)CNC(=O)CNC(=O)c1coc(-c2csc(CNC(=O)[C@H](C)NC(=O)CNC(=O)[C@@H](N)CCC(N)=O)n2)n1)C(=O)O. The molecule has 2 aromatic heterocycles. The van der Waals surface area contributed by atoms with Crippen LogP contribution in [0.15, 0.2) is 16.1 Å². The molecule has 0 aromatic carbocycles. The van der Waals surface area contributed by atoms with Crippen LogP contribution in [-0.4, -0.2) is 100 Å². The molecule has 21 heteroatoms. The van der Waals surface area contributed by atoms with Gasteiger partial charge in [0.1, 0.15) is 29.0 Å². The molecule has 0 saturated carbocycles. The van der Waals surface area contributed by atoms with Crippen LogP contribution < -0.4 is 43.4 Å². The van der Waals surface area contributed by atoms with Gasteiger partial charge in [-0.15, -0.1) is 11.3 Å². The first-order valence-electron chi connectivity index (χ1n) is 13.5. The van der Waals surface area contributed by atoms with E-state index >= 15 is 0 Å². The third-order valence-corrected chi connectivity index (χ3v) is 6.61. The van der Waals surface area contributed by atoms with E-state index in [2.05, 4.69) is 41.9 Å². The topological polar surface area (TPSA) is 320 Å². The van der Waals surface area contributed by atoms with Crippen molar-refractivity contribution in [3.05, 3.63) is 22.3 Å². The summed E-state index contributed by atoms with van der Waals surface area (Å²) in [5.41, 5.74) is 10.7. The monoisotopic (exact) mass is 666 g/mol. The van der Waals surface area contributed by atoms with E-state index in [0.717, 1.165) is 17.6 Å². The Morgan fingerprint density at radius 1 is 0.870 bits per heavy atom. The molecule has 0 aliphatic carbocycles. The highest BCUT2D eigenvalue weighted by atomic mass is 32.1. The van der Waals surface area contributed by atoms with Gasteiger partial charge in [0.2, 0.25) is 41.3 Å². The van der Waals surface area contributed by atoms with Crippen LogP contribution >= 0.6 is 11.3 Å². The van der Waals surface area contributed by atoms with Crippen molar-refractivity contribution in [1.29, 1.82) is 0 Å². The van der Waals surface area contributed by atoms with Crippen LogP contribution in [0.4, 0.5) is 0 Å². The molecule has 0 radical (unpaired) electrons. The third kappa shape index (κ3) is 12.7. The largest absolute Gasteiger partial charge is 0.480 e. The molecule has 0 spiro atoms. The van der Waals surface area contributed by atoms with Gasteiger partial charge in [-0.2, -0.15) is 0 Å². The molecule has 250 valence electrons. The smallest absolute Gasteiger partial charge is 0.325 e. The number of hydrogen-bond donors (Lipinski definition) is 9. The van der Waals surface area contributed by atoms with Gasteiger partial charge in [0.25, 0.3) is 5.91 Å². The predicted molar refractivity (Wildman–Crippen MR) is 157 cm³/mol. The van der Waals surface area contributed by atoms with Crippen LogP contribution in [0.25, 0.3) is 11.6 Å². The zero-order valence-corrected chi connectivity index (χ0v) is 25.5. The lowest BCUT2D eigenvalue weighted by molar-refractivity contribution is -0.141. The van der Waals surface area contributed by atoms with Crippen molar-refractivity contribution in [3.63, 3.8) is 0 Å². The van der Waals surface area contributed by atoms with Gasteiger partial charge in [0.05, 0.1) is 32.2 Å². The molecule has 0 unspecified atom stereocenters. The van der Waals surface area contributed by atoms with Crippen LogP contribution in [0.2, 0.25) is 0 Å². The van der Waals surface area contributed by atoms with Gasteiger partial charge in [-0.05, 0) is 20.3 Å². The summed E-state index contributed by atoms with van der Waals surface area (Å²) in [6.07, 6.45) is 0.990. The number of carboxylic acid groups (broad SMARTS) is 1. The first-order chi connectivity index (χ1) is 21.7.